The van der Waals surface area contributed by atoms with Gasteiger partial charge in [0.15, 0.2) is 0 Å². The Morgan fingerprint density at radius 1 is 0.846 bits per heavy atom. The second-order valence-corrected chi connectivity index (χ2v) is 9.40. The summed E-state index contributed by atoms with van der Waals surface area (Å²) in [6.07, 6.45) is 0. The predicted octanol–water partition coefficient (Wildman–Crippen LogP) is 3.22. The molecule has 2 aromatic carbocycles. The molecule has 0 aliphatic rings. The molecule has 0 saturated carbocycles. The van der Waals surface area contributed by atoms with E-state index in [1.807, 2.05) is 0 Å². The first-order chi connectivity index (χ1) is 12.3. The minimum absolute atomic E-state index is 0.165. The van der Waals surface area contributed by atoms with Gasteiger partial charge in [0, 0.05) is 0 Å². The number of anilines is 1. The van der Waals surface area contributed by atoms with Crippen LogP contribution in [-0.2, 0) is 20.0 Å². The Labute approximate surface area is 155 Å². The maximum atomic E-state index is 13.1. The van der Waals surface area contributed by atoms with Crippen molar-refractivity contribution >= 4 is 37.5 Å². The summed E-state index contributed by atoms with van der Waals surface area (Å²) in [6, 6.07) is 14.3. The number of aromatic nitrogens is 1. The zero-order valence-electron chi connectivity index (χ0n) is 13.4. The first kappa shape index (κ1) is 18.4. The number of hydrogen-bond donors (Lipinski definition) is 0. The third kappa shape index (κ3) is 3.09. The van der Waals surface area contributed by atoms with Crippen LogP contribution in [0.15, 0.2) is 75.0 Å². The van der Waals surface area contributed by atoms with Gasteiger partial charge < -0.3 is 4.52 Å². The van der Waals surface area contributed by atoms with Crippen molar-refractivity contribution in [2.45, 2.75) is 16.7 Å². The third-order valence-corrected chi connectivity index (χ3v) is 8.01. The van der Waals surface area contributed by atoms with Crippen molar-refractivity contribution in [2.75, 3.05) is 3.71 Å². The molecule has 0 amide bonds. The van der Waals surface area contributed by atoms with Gasteiger partial charge in [0.25, 0.3) is 25.9 Å². The first-order valence-electron chi connectivity index (χ1n) is 7.28. The largest absolute Gasteiger partial charge is 0.335 e. The number of nitrogens with zero attached hydrogens (tertiary/aromatic N) is 2. The maximum absolute atomic E-state index is 13.1. The van der Waals surface area contributed by atoms with E-state index >= 15 is 0 Å². The number of sulfonamides is 2. The summed E-state index contributed by atoms with van der Waals surface area (Å²) >= 11 is 6.06. The molecular weight excluding hydrogens is 400 g/mol. The van der Waals surface area contributed by atoms with Gasteiger partial charge in [-0.3, -0.25) is 0 Å². The van der Waals surface area contributed by atoms with E-state index < -0.39 is 25.9 Å². The van der Waals surface area contributed by atoms with Crippen LogP contribution in [0.5, 0.6) is 0 Å². The van der Waals surface area contributed by atoms with Gasteiger partial charge in [0.05, 0.1) is 9.79 Å². The lowest BCUT2D eigenvalue weighted by molar-refractivity contribution is 0.425. The lowest BCUT2D eigenvalue weighted by atomic mass is 10.4. The highest BCUT2D eigenvalue weighted by Crippen LogP contribution is 2.36. The van der Waals surface area contributed by atoms with Crippen LogP contribution in [0.1, 0.15) is 5.69 Å². The van der Waals surface area contributed by atoms with Crippen molar-refractivity contribution in [1.29, 1.82) is 0 Å². The number of rotatable bonds is 5. The molecule has 0 aliphatic carbocycles. The van der Waals surface area contributed by atoms with Gasteiger partial charge in [-0.2, -0.15) is 16.8 Å². The number of hydrogen-bond acceptors (Lipinski definition) is 6. The van der Waals surface area contributed by atoms with Crippen molar-refractivity contribution in [3.63, 3.8) is 0 Å². The predicted molar refractivity (Wildman–Crippen MR) is 96.0 cm³/mol. The van der Waals surface area contributed by atoms with Gasteiger partial charge in [0.1, 0.15) is 10.7 Å². The van der Waals surface area contributed by atoms with Gasteiger partial charge in [-0.15, -0.1) is 3.71 Å². The molecule has 1 aromatic heterocycles. The van der Waals surface area contributed by atoms with Crippen LogP contribution < -0.4 is 3.71 Å². The van der Waals surface area contributed by atoms with E-state index in [4.69, 9.17) is 16.1 Å². The average Bonchev–Trinajstić information content (AvgIpc) is 2.95. The fourth-order valence-corrected chi connectivity index (χ4v) is 6.06. The summed E-state index contributed by atoms with van der Waals surface area (Å²) in [6.45, 7) is 1.47. The Morgan fingerprint density at radius 3 is 1.62 bits per heavy atom. The lowest BCUT2D eigenvalue weighted by Gasteiger charge is -2.21. The summed E-state index contributed by atoms with van der Waals surface area (Å²) in [5.74, 6) is -0.586. The Hall–Kier alpha value is -2.36. The van der Waals surface area contributed by atoms with Crippen LogP contribution in [0, 0.1) is 6.92 Å². The van der Waals surface area contributed by atoms with E-state index in [9.17, 15) is 16.8 Å². The first-order valence-corrected chi connectivity index (χ1v) is 10.5. The van der Waals surface area contributed by atoms with E-state index in [1.165, 1.54) is 55.5 Å². The SMILES string of the molecule is Cc1noc(N(S(=O)(=O)c2ccccc2)S(=O)(=O)c2ccccc2)c1Cl. The van der Waals surface area contributed by atoms with Crippen LogP contribution in [0.3, 0.4) is 0 Å². The Morgan fingerprint density at radius 2 is 1.27 bits per heavy atom. The molecule has 0 aliphatic heterocycles. The van der Waals surface area contributed by atoms with Gasteiger partial charge in [0.2, 0.25) is 0 Å². The van der Waals surface area contributed by atoms with E-state index in [0.717, 1.165) is 0 Å². The van der Waals surface area contributed by atoms with Gasteiger partial charge >= 0.3 is 0 Å². The molecule has 0 bridgehead atoms. The van der Waals surface area contributed by atoms with Crippen LogP contribution in [-0.4, -0.2) is 22.0 Å². The van der Waals surface area contributed by atoms with E-state index in [2.05, 4.69) is 5.16 Å². The second kappa shape index (κ2) is 6.75. The molecule has 0 atom stereocenters. The van der Waals surface area contributed by atoms with E-state index in [1.54, 1.807) is 12.1 Å². The van der Waals surface area contributed by atoms with Crippen LogP contribution in [0.2, 0.25) is 5.02 Å². The van der Waals surface area contributed by atoms with Crippen LogP contribution in [0.4, 0.5) is 5.88 Å². The summed E-state index contributed by atoms with van der Waals surface area (Å²) in [5.41, 5.74) is 0.165. The molecule has 0 fully saturated rings. The van der Waals surface area contributed by atoms with E-state index in [-0.39, 0.29) is 24.2 Å². The fraction of sp³-hybridized carbons (Fsp3) is 0.0625. The zero-order chi connectivity index (χ0) is 18.9. The Bertz CT molecular complexity index is 1060. The van der Waals surface area contributed by atoms with E-state index in [0.29, 0.717) is 0 Å². The fourth-order valence-electron chi connectivity index (χ4n) is 2.18. The molecule has 26 heavy (non-hydrogen) atoms. The lowest BCUT2D eigenvalue weighted by Crippen LogP contribution is -2.37. The highest BCUT2D eigenvalue weighted by Gasteiger charge is 2.41. The maximum Gasteiger partial charge on any atom is 0.280 e. The van der Waals surface area contributed by atoms with Gasteiger partial charge in [-0.25, -0.2) is 0 Å². The van der Waals surface area contributed by atoms with Crippen molar-refractivity contribution < 1.29 is 21.4 Å². The monoisotopic (exact) mass is 412 g/mol. The quantitative estimate of drug-likeness (QED) is 0.638. The number of benzene rings is 2. The van der Waals surface area contributed by atoms with Crippen LogP contribution >= 0.6 is 11.6 Å². The molecule has 0 saturated heterocycles. The molecule has 0 radical (unpaired) electrons. The van der Waals surface area contributed by atoms with Crippen molar-refractivity contribution in [3.8, 4) is 0 Å². The second-order valence-electron chi connectivity index (χ2n) is 5.22. The minimum Gasteiger partial charge on any atom is -0.335 e. The molecule has 7 nitrogen and oxygen atoms in total. The summed E-state index contributed by atoms with van der Waals surface area (Å²) in [4.78, 5) is -0.464. The summed E-state index contributed by atoms with van der Waals surface area (Å²) in [5, 5.41) is 3.37. The Balaban J connectivity index is 2.30. The van der Waals surface area contributed by atoms with Crippen molar-refractivity contribution in [1.82, 2.24) is 5.16 Å². The van der Waals surface area contributed by atoms with Crippen molar-refractivity contribution in [3.05, 3.63) is 71.4 Å². The standard InChI is InChI=1S/C16H13ClN2O5S2/c1-12-15(17)16(24-18-12)19(25(20,21)13-8-4-2-5-9-13)26(22,23)14-10-6-3-7-11-14/h2-11H,1H3. The molecule has 3 aromatic rings. The molecule has 1 heterocycles. The number of aryl methyl sites for hydroxylation is 1. The van der Waals surface area contributed by atoms with Crippen molar-refractivity contribution in [2.24, 2.45) is 0 Å². The van der Waals surface area contributed by atoms with Gasteiger partial charge in [-0.05, 0) is 31.2 Å². The highest BCUT2D eigenvalue weighted by molar-refractivity contribution is 8.10. The highest BCUT2D eigenvalue weighted by atomic mass is 35.5. The smallest absolute Gasteiger partial charge is 0.280 e. The van der Waals surface area contributed by atoms with Gasteiger partial charge in [-0.1, -0.05) is 53.2 Å². The topological polar surface area (TPSA) is 97.6 Å². The minimum atomic E-state index is -4.54. The molecule has 0 N–H and O–H groups in total. The molecule has 136 valence electrons. The third-order valence-electron chi connectivity index (χ3n) is 3.46. The Kier molecular flexibility index (Phi) is 4.78. The summed E-state index contributed by atoms with van der Waals surface area (Å²) < 4.78 is 57.6. The molecular formula is C16H13ClN2O5S2. The summed E-state index contributed by atoms with van der Waals surface area (Å²) in [7, 11) is -9.08. The van der Waals surface area contributed by atoms with Crippen LogP contribution in [0.25, 0.3) is 0 Å². The molecule has 0 unspecified atom stereocenters. The molecule has 3 rings (SSSR count). The average molecular weight is 413 g/mol. The normalized spacial score (nSPS) is 12.1. The number of halogens is 1. The molecule has 10 heteroatoms. The molecule has 0 spiro atoms. The zero-order valence-corrected chi connectivity index (χ0v) is 15.8.